The Morgan fingerprint density at radius 2 is 1.76 bits per heavy atom. The van der Waals surface area contributed by atoms with Gasteiger partial charge in [-0.2, -0.15) is 0 Å². The monoisotopic (exact) mass is 409 g/mol. The highest BCUT2D eigenvalue weighted by atomic mass is 16.6. The fourth-order valence-corrected chi connectivity index (χ4v) is 4.30. The van der Waals surface area contributed by atoms with Crippen LogP contribution in [0.5, 0.6) is 0 Å². The number of unbranched alkanes of at least 4 members (excludes halogenated alkanes) is 3. The molecule has 1 atom stereocenters. The normalized spacial score (nSPS) is 25.1. The van der Waals surface area contributed by atoms with Crippen LogP contribution >= 0.6 is 0 Å². The fraction of sp³-hybridized carbons (Fsp3) is 0.913. The van der Waals surface area contributed by atoms with E-state index in [4.69, 9.17) is 4.74 Å². The van der Waals surface area contributed by atoms with E-state index in [-0.39, 0.29) is 24.0 Å². The molecule has 0 aromatic rings. The number of carbonyl (C=O) groups is 2. The molecule has 29 heavy (non-hydrogen) atoms. The lowest BCUT2D eigenvalue weighted by Gasteiger charge is -2.29. The van der Waals surface area contributed by atoms with Crippen molar-refractivity contribution in [1.82, 2.24) is 15.5 Å². The molecule has 0 bridgehead atoms. The zero-order chi connectivity index (χ0) is 21.3. The van der Waals surface area contributed by atoms with Crippen LogP contribution in [0.3, 0.4) is 0 Å². The molecule has 1 aliphatic carbocycles. The van der Waals surface area contributed by atoms with Gasteiger partial charge in [0.2, 0.25) is 5.91 Å². The summed E-state index contributed by atoms with van der Waals surface area (Å²) in [6.45, 7) is 11.3. The lowest BCUT2D eigenvalue weighted by molar-refractivity contribution is -0.126. The molecule has 6 nitrogen and oxygen atoms in total. The van der Waals surface area contributed by atoms with Crippen molar-refractivity contribution in [2.45, 2.75) is 97.1 Å². The van der Waals surface area contributed by atoms with Gasteiger partial charge in [0.25, 0.3) is 0 Å². The first-order valence-corrected chi connectivity index (χ1v) is 11.8. The number of nitrogens with one attached hydrogen (secondary N) is 2. The molecule has 2 amide bonds. The number of carbonyl (C=O) groups excluding carboxylic acids is 2. The van der Waals surface area contributed by atoms with Gasteiger partial charge in [0.1, 0.15) is 5.60 Å². The van der Waals surface area contributed by atoms with Crippen LogP contribution in [0.1, 0.15) is 85.5 Å². The number of likely N-dealkylation sites (tertiary alicyclic amines) is 1. The molecule has 168 valence electrons. The highest BCUT2D eigenvalue weighted by molar-refractivity contribution is 5.79. The Kier molecular flexibility index (Phi) is 9.73. The van der Waals surface area contributed by atoms with E-state index in [1.165, 1.54) is 25.7 Å². The van der Waals surface area contributed by atoms with Gasteiger partial charge < -0.3 is 20.3 Å². The van der Waals surface area contributed by atoms with Crippen molar-refractivity contribution >= 4 is 12.0 Å². The zero-order valence-electron chi connectivity index (χ0n) is 19.1. The second kappa shape index (κ2) is 11.8. The van der Waals surface area contributed by atoms with Gasteiger partial charge >= 0.3 is 6.09 Å². The summed E-state index contributed by atoms with van der Waals surface area (Å²) in [6.07, 6.45) is 9.97. The first-order chi connectivity index (χ1) is 13.8. The third kappa shape index (κ3) is 8.93. The summed E-state index contributed by atoms with van der Waals surface area (Å²) in [6, 6.07) is 0.0533. The summed E-state index contributed by atoms with van der Waals surface area (Å²) < 4.78 is 5.43. The van der Waals surface area contributed by atoms with E-state index in [0.717, 1.165) is 45.2 Å². The minimum absolute atomic E-state index is 0.0533. The van der Waals surface area contributed by atoms with E-state index < -0.39 is 5.60 Å². The van der Waals surface area contributed by atoms with Crippen LogP contribution < -0.4 is 10.6 Å². The lowest BCUT2D eigenvalue weighted by Crippen LogP contribution is -2.43. The lowest BCUT2D eigenvalue weighted by atomic mass is 9.81. The third-order valence-electron chi connectivity index (χ3n) is 6.04. The fourth-order valence-electron chi connectivity index (χ4n) is 4.30. The van der Waals surface area contributed by atoms with Crippen LogP contribution in [0.2, 0.25) is 0 Å². The summed E-state index contributed by atoms with van der Waals surface area (Å²) in [5, 5.41) is 6.78. The van der Waals surface area contributed by atoms with E-state index in [1.807, 2.05) is 20.8 Å². The van der Waals surface area contributed by atoms with Gasteiger partial charge in [-0.15, -0.1) is 0 Å². The summed E-state index contributed by atoms with van der Waals surface area (Å²) in [5.41, 5.74) is -0.485. The predicted octanol–water partition coefficient (Wildman–Crippen LogP) is 4.09. The van der Waals surface area contributed by atoms with Crippen molar-refractivity contribution in [2.24, 2.45) is 11.8 Å². The standard InChI is InChI=1S/C23H43N3O3/c1-5-6-7-8-14-24-16-18-9-11-19(12-10-18)21(27)25-20-13-15-26(17-20)22(28)29-23(2,3)4/h18-20,24H,5-17H2,1-4H3,(H,25,27)/t18?,19?,20-/m1/s1. The smallest absolute Gasteiger partial charge is 0.410 e. The molecular weight excluding hydrogens is 366 g/mol. The van der Waals surface area contributed by atoms with Gasteiger partial charge in [0.15, 0.2) is 0 Å². The number of rotatable bonds is 9. The van der Waals surface area contributed by atoms with E-state index >= 15 is 0 Å². The quantitative estimate of drug-likeness (QED) is 0.563. The van der Waals surface area contributed by atoms with E-state index in [9.17, 15) is 9.59 Å². The molecule has 2 N–H and O–H groups in total. The number of amides is 2. The summed E-state index contributed by atoms with van der Waals surface area (Å²) >= 11 is 0. The number of nitrogens with zero attached hydrogens (tertiary/aromatic N) is 1. The van der Waals surface area contributed by atoms with Crippen molar-refractivity contribution in [1.29, 1.82) is 0 Å². The topological polar surface area (TPSA) is 70.7 Å². The summed E-state index contributed by atoms with van der Waals surface area (Å²) in [4.78, 5) is 26.5. The highest BCUT2D eigenvalue weighted by Crippen LogP contribution is 2.29. The molecule has 0 unspecified atom stereocenters. The minimum atomic E-state index is -0.485. The maximum atomic E-state index is 12.7. The average Bonchev–Trinajstić information content (AvgIpc) is 3.12. The molecule has 0 aromatic carbocycles. The summed E-state index contributed by atoms with van der Waals surface area (Å²) in [5.74, 6) is 1.01. The average molecular weight is 410 g/mol. The maximum absolute atomic E-state index is 12.7. The molecule has 0 spiro atoms. The van der Waals surface area contributed by atoms with Crippen molar-refractivity contribution in [3.63, 3.8) is 0 Å². The predicted molar refractivity (Wildman–Crippen MR) is 117 cm³/mol. The molecule has 0 radical (unpaired) electrons. The van der Waals surface area contributed by atoms with E-state index in [1.54, 1.807) is 4.90 Å². The highest BCUT2D eigenvalue weighted by Gasteiger charge is 2.33. The molecule has 0 aromatic heterocycles. The molecule has 2 rings (SSSR count). The molecule has 1 saturated carbocycles. The van der Waals surface area contributed by atoms with Crippen molar-refractivity contribution in [3.8, 4) is 0 Å². The SMILES string of the molecule is CCCCCCNCC1CCC(C(=O)N[C@@H]2CCN(C(=O)OC(C)(C)C)C2)CC1. The van der Waals surface area contributed by atoms with Crippen LogP contribution in [0.25, 0.3) is 0 Å². The molecule has 1 aliphatic heterocycles. The Balaban J connectivity index is 1.60. The zero-order valence-corrected chi connectivity index (χ0v) is 19.1. The first kappa shape index (κ1) is 24.0. The largest absolute Gasteiger partial charge is 0.444 e. The Hall–Kier alpha value is -1.30. The van der Waals surface area contributed by atoms with Gasteiger partial charge in [-0.25, -0.2) is 4.79 Å². The van der Waals surface area contributed by atoms with Crippen molar-refractivity contribution in [3.05, 3.63) is 0 Å². The Morgan fingerprint density at radius 1 is 1.03 bits per heavy atom. The third-order valence-corrected chi connectivity index (χ3v) is 6.04. The van der Waals surface area contributed by atoms with Crippen LogP contribution in [0.15, 0.2) is 0 Å². The molecule has 1 heterocycles. The number of hydrogen-bond donors (Lipinski definition) is 2. The Labute approximate surface area is 177 Å². The second-order valence-corrected chi connectivity index (χ2v) is 9.90. The van der Waals surface area contributed by atoms with Gasteiger partial charge in [-0.05, 0) is 78.3 Å². The minimum Gasteiger partial charge on any atom is -0.444 e. The molecule has 2 fully saturated rings. The number of ether oxygens (including phenoxy) is 1. The van der Waals surface area contributed by atoms with Crippen LogP contribution in [-0.2, 0) is 9.53 Å². The van der Waals surface area contributed by atoms with Crippen molar-refractivity contribution < 1.29 is 14.3 Å². The molecule has 6 heteroatoms. The van der Waals surface area contributed by atoms with Crippen LogP contribution in [-0.4, -0.2) is 54.7 Å². The molecular formula is C23H43N3O3. The second-order valence-electron chi connectivity index (χ2n) is 9.90. The Bertz CT molecular complexity index is 510. The number of hydrogen-bond acceptors (Lipinski definition) is 4. The van der Waals surface area contributed by atoms with Crippen LogP contribution in [0.4, 0.5) is 4.79 Å². The van der Waals surface area contributed by atoms with E-state index in [0.29, 0.717) is 19.0 Å². The van der Waals surface area contributed by atoms with E-state index in [2.05, 4.69) is 17.6 Å². The Morgan fingerprint density at radius 3 is 2.41 bits per heavy atom. The van der Waals surface area contributed by atoms with Gasteiger partial charge in [-0.1, -0.05) is 26.2 Å². The molecule has 1 saturated heterocycles. The first-order valence-electron chi connectivity index (χ1n) is 11.8. The van der Waals surface area contributed by atoms with Crippen molar-refractivity contribution in [2.75, 3.05) is 26.2 Å². The summed E-state index contributed by atoms with van der Waals surface area (Å²) in [7, 11) is 0. The van der Waals surface area contributed by atoms with Gasteiger partial charge in [-0.3, -0.25) is 4.79 Å². The molecule has 2 aliphatic rings. The van der Waals surface area contributed by atoms with Gasteiger partial charge in [0, 0.05) is 25.0 Å². The maximum Gasteiger partial charge on any atom is 0.410 e. The van der Waals surface area contributed by atoms with Crippen LogP contribution in [0, 0.1) is 11.8 Å². The van der Waals surface area contributed by atoms with Gasteiger partial charge in [0.05, 0.1) is 0 Å².